The topological polar surface area (TPSA) is 124 Å². The number of methoxy groups -OCH3 is 1. The van der Waals surface area contributed by atoms with Crippen LogP contribution in [0, 0.1) is 52.8 Å². The maximum Gasteiger partial charge on any atom is 0.258 e. The fourth-order valence-electron chi connectivity index (χ4n) is 6.80. The molecule has 2 aromatic rings. The van der Waals surface area contributed by atoms with Gasteiger partial charge in [0.15, 0.2) is 44.5 Å². The van der Waals surface area contributed by atoms with E-state index in [9.17, 15) is 51.4 Å². The van der Waals surface area contributed by atoms with Crippen molar-refractivity contribution >= 4 is 58.6 Å². The lowest BCUT2D eigenvalue weighted by atomic mass is 9.57. The highest BCUT2D eigenvalue weighted by Gasteiger charge is 2.76. The lowest BCUT2D eigenvalue weighted by Gasteiger charge is -2.49. The molecule has 2 aromatic carbocycles. The first-order chi connectivity index (χ1) is 21.1. The first-order valence-corrected chi connectivity index (χ1v) is 14.0. The smallest absolute Gasteiger partial charge is 0.258 e. The van der Waals surface area contributed by atoms with Crippen molar-refractivity contribution in [1.29, 1.82) is 0 Å². The minimum Gasteiger partial charge on any atom is -0.504 e. The third-order valence-corrected chi connectivity index (χ3v) is 10.4. The fourth-order valence-corrected chi connectivity index (χ4v) is 7.69. The number of hydrogen-bond acceptors (Lipinski definition) is 7. The maximum absolute atomic E-state index is 15.0. The van der Waals surface area contributed by atoms with Crippen LogP contribution in [-0.2, 0) is 19.2 Å². The monoisotopic (exact) mass is 672 g/mol. The first-order valence-electron chi connectivity index (χ1n) is 13.2. The van der Waals surface area contributed by atoms with Crippen molar-refractivity contribution in [1.82, 2.24) is 5.06 Å². The number of aromatic hydroxyl groups is 1. The van der Waals surface area contributed by atoms with Gasteiger partial charge in [0.1, 0.15) is 5.69 Å². The molecule has 4 aliphatic rings. The molecular formula is C29H19Cl2F5N2O7. The number of anilines is 1. The summed E-state index contributed by atoms with van der Waals surface area (Å²) in [5, 5.41) is 20.0. The van der Waals surface area contributed by atoms with Gasteiger partial charge in [-0.15, -0.1) is 23.2 Å². The zero-order valence-corrected chi connectivity index (χ0v) is 24.2. The van der Waals surface area contributed by atoms with E-state index in [0.717, 1.165) is 0 Å². The van der Waals surface area contributed by atoms with Crippen LogP contribution in [0.4, 0.5) is 27.6 Å². The highest BCUT2D eigenvalue weighted by molar-refractivity contribution is 6.58. The summed E-state index contributed by atoms with van der Waals surface area (Å²) in [6.45, 7) is 0. The number of ether oxygens (including phenoxy) is 1. The fraction of sp³-hybridized carbons (Fsp3) is 0.310. The van der Waals surface area contributed by atoms with Crippen molar-refractivity contribution in [3.63, 3.8) is 0 Å². The predicted molar refractivity (Wildman–Crippen MR) is 145 cm³/mol. The van der Waals surface area contributed by atoms with Crippen LogP contribution in [0.2, 0.25) is 0 Å². The van der Waals surface area contributed by atoms with Gasteiger partial charge in [0, 0.05) is 5.92 Å². The van der Waals surface area contributed by atoms with E-state index in [4.69, 9.17) is 27.9 Å². The highest BCUT2D eigenvalue weighted by Crippen LogP contribution is 2.63. The number of alkyl halides is 2. The molecule has 2 aliphatic heterocycles. The largest absolute Gasteiger partial charge is 0.504 e. The Balaban J connectivity index is 1.56. The number of nitrogens with zero attached hydrogens (tertiary/aromatic N) is 2. The molecule has 0 bridgehead atoms. The van der Waals surface area contributed by atoms with E-state index in [0.29, 0.717) is 5.56 Å². The van der Waals surface area contributed by atoms with Gasteiger partial charge in [-0.05, 0) is 36.5 Å². The summed E-state index contributed by atoms with van der Waals surface area (Å²) in [6.07, 6.45) is 3.34. The molecule has 6 rings (SSSR count). The molecule has 3 fully saturated rings. The molecule has 9 nitrogen and oxygen atoms in total. The molecule has 236 valence electrons. The third-order valence-electron chi connectivity index (χ3n) is 8.94. The van der Waals surface area contributed by atoms with Gasteiger partial charge in [-0.3, -0.25) is 24.4 Å². The van der Waals surface area contributed by atoms with E-state index in [1.54, 1.807) is 0 Å². The number of carbonyl (C=O) groups is 4. The van der Waals surface area contributed by atoms with Gasteiger partial charge in [-0.1, -0.05) is 29.9 Å². The second-order valence-electron chi connectivity index (χ2n) is 11.0. The van der Waals surface area contributed by atoms with E-state index in [2.05, 4.69) is 0 Å². The Bertz CT molecular complexity index is 1780. The Hall–Kier alpha value is -4.01. The van der Waals surface area contributed by atoms with Gasteiger partial charge in [0.2, 0.25) is 5.82 Å². The van der Waals surface area contributed by atoms with E-state index in [1.165, 1.54) is 43.5 Å². The van der Waals surface area contributed by atoms with Crippen LogP contribution in [0.5, 0.6) is 11.5 Å². The summed E-state index contributed by atoms with van der Waals surface area (Å²) in [7, 11) is 1.29. The second kappa shape index (κ2) is 10.3. The minimum absolute atomic E-state index is 0.0494. The number of rotatable bonds is 4. The van der Waals surface area contributed by atoms with Gasteiger partial charge < -0.3 is 9.84 Å². The Morgan fingerprint density at radius 1 is 0.933 bits per heavy atom. The van der Waals surface area contributed by atoms with Crippen molar-refractivity contribution < 1.29 is 56.2 Å². The summed E-state index contributed by atoms with van der Waals surface area (Å²) in [6, 6.07) is 4.10. The molecule has 2 aliphatic carbocycles. The van der Waals surface area contributed by atoms with Crippen LogP contribution in [0.3, 0.4) is 0 Å². The second-order valence-corrected chi connectivity index (χ2v) is 12.3. The molecule has 1 saturated carbocycles. The molecule has 2 heterocycles. The molecule has 6 unspecified atom stereocenters. The standard InChI is InChI=1S/C29H19Cl2F5N2O7/c1-45-16-8-10(3-7-15(16)39)2-6-14-11-4-5-12-17(25(41)38(44)24(12)40)13(11)9-28(30)26(42)37(27(43)29(14,28)31)23-21(35)19(33)18(32)20(34)22(23)36/h2-4,6-8,12-14,17,39,44H,5,9H2,1H3. The van der Waals surface area contributed by atoms with Crippen LogP contribution in [0.15, 0.2) is 35.9 Å². The lowest BCUT2D eigenvalue weighted by Crippen LogP contribution is -2.60. The Kier molecular flexibility index (Phi) is 7.06. The highest BCUT2D eigenvalue weighted by atomic mass is 35.5. The van der Waals surface area contributed by atoms with Gasteiger partial charge in [-0.25, -0.2) is 26.9 Å². The number of phenols is 1. The maximum atomic E-state index is 15.0. The van der Waals surface area contributed by atoms with Gasteiger partial charge in [0.05, 0.1) is 18.9 Å². The number of phenolic OH excluding ortho intramolecular Hbond substituents is 1. The first kappa shape index (κ1) is 31.0. The number of fused-ring (bicyclic) bond motifs is 4. The summed E-state index contributed by atoms with van der Waals surface area (Å²) in [5.41, 5.74) is -1.32. The summed E-state index contributed by atoms with van der Waals surface area (Å²) in [4.78, 5) is 48.0. The average molecular weight is 673 g/mol. The van der Waals surface area contributed by atoms with Crippen LogP contribution in [-0.4, -0.2) is 55.9 Å². The number of carbonyl (C=O) groups excluding carboxylic acids is 4. The molecule has 16 heteroatoms. The number of hydroxylamine groups is 2. The number of halogens is 7. The van der Waals surface area contributed by atoms with Crippen molar-refractivity contribution in [2.75, 3.05) is 12.0 Å². The van der Waals surface area contributed by atoms with Crippen LogP contribution >= 0.6 is 23.2 Å². The lowest BCUT2D eigenvalue weighted by molar-refractivity contribution is -0.173. The molecule has 0 aromatic heterocycles. The van der Waals surface area contributed by atoms with Crippen molar-refractivity contribution in [2.24, 2.45) is 23.7 Å². The van der Waals surface area contributed by atoms with E-state index in [-0.39, 0.29) is 33.5 Å². The van der Waals surface area contributed by atoms with Crippen LogP contribution in [0.1, 0.15) is 18.4 Å². The summed E-state index contributed by atoms with van der Waals surface area (Å²) < 4.78 is 77.4. The molecule has 6 atom stereocenters. The molecular weight excluding hydrogens is 654 g/mol. The van der Waals surface area contributed by atoms with Gasteiger partial charge in [0.25, 0.3) is 23.6 Å². The van der Waals surface area contributed by atoms with Crippen molar-refractivity contribution in [3.05, 3.63) is 70.6 Å². The SMILES string of the molecule is COc1cc(C=CC2C3=CCC4C(=O)N(O)C(=O)C4C3CC3(Cl)C(=O)N(c4c(F)c(F)c(F)c(F)c4F)C(=O)C23Cl)ccc1O. The average Bonchev–Trinajstić information content (AvgIpc) is 3.33. The summed E-state index contributed by atoms with van der Waals surface area (Å²) >= 11 is 13.8. The minimum atomic E-state index is -2.66. The number of benzene rings is 2. The molecule has 0 radical (unpaired) electrons. The molecule has 0 spiro atoms. The molecule has 45 heavy (non-hydrogen) atoms. The molecule has 2 N–H and O–H groups in total. The zero-order chi connectivity index (χ0) is 32.9. The van der Waals surface area contributed by atoms with E-state index < -0.39 is 98.2 Å². The van der Waals surface area contributed by atoms with E-state index in [1.807, 2.05) is 0 Å². The Labute approximate surface area is 260 Å². The van der Waals surface area contributed by atoms with Gasteiger partial charge >= 0.3 is 0 Å². The van der Waals surface area contributed by atoms with Crippen molar-refractivity contribution in [3.8, 4) is 11.5 Å². The third kappa shape index (κ3) is 3.94. The van der Waals surface area contributed by atoms with Crippen LogP contribution in [0.25, 0.3) is 6.08 Å². The Morgan fingerprint density at radius 2 is 1.56 bits per heavy atom. The van der Waals surface area contributed by atoms with E-state index >= 15 is 0 Å². The van der Waals surface area contributed by atoms with Gasteiger partial charge in [-0.2, -0.15) is 5.06 Å². The zero-order valence-electron chi connectivity index (χ0n) is 22.7. The molecule has 2 saturated heterocycles. The number of amides is 4. The summed E-state index contributed by atoms with van der Waals surface area (Å²) in [5.74, 6) is -22.7. The Morgan fingerprint density at radius 3 is 2.18 bits per heavy atom. The normalized spacial score (nSPS) is 31.0. The predicted octanol–water partition coefficient (Wildman–Crippen LogP) is 4.59. The number of allylic oxidation sites excluding steroid dienone is 3. The van der Waals surface area contributed by atoms with Crippen LogP contribution < -0.4 is 9.64 Å². The van der Waals surface area contributed by atoms with Crippen molar-refractivity contribution in [2.45, 2.75) is 22.6 Å². The number of hydrogen-bond donors (Lipinski definition) is 2. The quantitative estimate of drug-likeness (QED) is 0.0926. The molecule has 4 amide bonds. The number of imide groups is 2.